The number of hydrogen-bond donors (Lipinski definition) is 5. The Bertz CT molecular complexity index is 1500. The molecule has 0 radical (unpaired) electrons. The third-order valence-corrected chi connectivity index (χ3v) is 7.40. The molecule has 0 fully saturated rings. The molecule has 0 aliphatic rings. The van der Waals surface area contributed by atoms with E-state index in [1.165, 1.54) is 31.2 Å². The van der Waals surface area contributed by atoms with Crippen LogP contribution in [0.3, 0.4) is 0 Å². The molecule has 7 N–H and O–H groups in total. The molecule has 0 aliphatic carbocycles. The van der Waals surface area contributed by atoms with Gasteiger partial charge >= 0.3 is 6.03 Å². The van der Waals surface area contributed by atoms with Gasteiger partial charge < -0.3 is 22.1 Å². The Morgan fingerprint density at radius 1 is 1.00 bits per heavy atom. The van der Waals surface area contributed by atoms with Gasteiger partial charge in [0.1, 0.15) is 11.7 Å². The van der Waals surface area contributed by atoms with Crippen LogP contribution in [0.5, 0.6) is 0 Å². The SMILES string of the molecule is CCS(=O)(=O)N(C(N)=O)c1cc(Cl)cc(C(=O)NCc2ccc(C(=N)N)cc2NCc2ccccc2F)c1. The van der Waals surface area contributed by atoms with Crippen molar-refractivity contribution in [1.29, 1.82) is 5.41 Å². The Morgan fingerprint density at radius 3 is 2.34 bits per heavy atom. The number of primary amides is 1. The Hall–Kier alpha value is -4.16. The number of carbonyl (C=O) groups excluding carboxylic acids is 2. The quantitative estimate of drug-likeness (QED) is 0.187. The van der Waals surface area contributed by atoms with Crippen molar-refractivity contribution in [1.82, 2.24) is 5.32 Å². The van der Waals surface area contributed by atoms with E-state index >= 15 is 0 Å². The highest BCUT2D eigenvalue weighted by Crippen LogP contribution is 2.26. The van der Waals surface area contributed by atoms with Gasteiger partial charge in [-0.1, -0.05) is 41.9 Å². The molecule has 38 heavy (non-hydrogen) atoms. The van der Waals surface area contributed by atoms with Crippen LogP contribution in [0, 0.1) is 11.2 Å². The van der Waals surface area contributed by atoms with Crippen molar-refractivity contribution in [3.05, 3.63) is 93.8 Å². The highest BCUT2D eigenvalue weighted by Gasteiger charge is 2.27. The third-order valence-electron chi connectivity index (χ3n) is 5.51. The molecule has 0 aromatic heterocycles. The first-order valence-electron chi connectivity index (χ1n) is 11.3. The summed E-state index contributed by atoms with van der Waals surface area (Å²) in [5.41, 5.74) is 12.7. The molecule has 0 saturated carbocycles. The second kappa shape index (κ2) is 11.9. The Morgan fingerprint density at radius 2 is 1.71 bits per heavy atom. The van der Waals surface area contributed by atoms with Crippen LogP contribution in [0.15, 0.2) is 60.7 Å². The van der Waals surface area contributed by atoms with Crippen LogP contribution < -0.4 is 26.4 Å². The van der Waals surface area contributed by atoms with Crippen LogP contribution >= 0.6 is 11.6 Å². The summed E-state index contributed by atoms with van der Waals surface area (Å²) in [7, 11) is -4.07. The zero-order valence-corrected chi connectivity index (χ0v) is 21.9. The fourth-order valence-electron chi connectivity index (χ4n) is 3.55. The van der Waals surface area contributed by atoms with Crippen molar-refractivity contribution in [3.63, 3.8) is 0 Å². The number of nitrogens with zero attached hydrogens (tertiary/aromatic N) is 1. The fraction of sp³-hybridized carbons (Fsp3) is 0.160. The van der Waals surface area contributed by atoms with E-state index in [1.54, 1.807) is 36.4 Å². The van der Waals surface area contributed by atoms with Crippen LogP contribution in [0.1, 0.15) is 34.0 Å². The summed E-state index contributed by atoms with van der Waals surface area (Å²) < 4.78 is 39.2. The molecule has 0 heterocycles. The maximum absolute atomic E-state index is 14.1. The zero-order chi connectivity index (χ0) is 28.0. The van der Waals surface area contributed by atoms with Crippen molar-refractivity contribution >= 4 is 50.8 Å². The summed E-state index contributed by atoms with van der Waals surface area (Å²) in [5.74, 6) is -1.56. The molecule has 0 spiro atoms. The first kappa shape index (κ1) is 28.4. The number of anilines is 2. The van der Waals surface area contributed by atoms with E-state index in [0.717, 1.165) is 0 Å². The lowest BCUT2D eigenvalue weighted by molar-refractivity contribution is 0.0951. The molecule has 0 unspecified atom stereocenters. The molecule has 0 aliphatic heterocycles. The second-order valence-corrected chi connectivity index (χ2v) is 10.7. The molecule has 200 valence electrons. The standard InChI is InChI=1S/C25H26ClFN6O4S/c1-2-38(36,37)33(25(30)35)20-10-18(9-19(26)12-20)24(34)32-14-17-8-7-15(23(28)29)11-22(17)31-13-16-5-3-4-6-21(16)27/h3-12,31H,2,13-14H2,1H3,(H3,28,29)(H2,30,35)(H,32,34). The maximum Gasteiger partial charge on any atom is 0.333 e. The molecule has 0 atom stereocenters. The molecule has 10 nitrogen and oxygen atoms in total. The van der Waals surface area contributed by atoms with Gasteiger partial charge in [0.25, 0.3) is 5.91 Å². The van der Waals surface area contributed by atoms with Gasteiger partial charge in [0.15, 0.2) is 0 Å². The van der Waals surface area contributed by atoms with Gasteiger partial charge in [0.05, 0.1) is 11.4 Å². The number of nitrogen functional groups attached to an aromatic ring is 1. The summed E-state index contributed by atoms with van der Waals surface area (Å²) >= 11 is 6.11. The topological polar surface area (TPSA) is 171 Å². The molecule has 0 saturated heterocycles. The van der Waals surface area contributed by atoms with Crippen LogP contribution in [-0.2, 0) is 23.1 Å². The molecule has 3 amide bonds. The molecular weight excluding hydrogens is 535 g/mol. The minimum Gasteiger partial charge on any atom is -0.384 e. The van der Waals surface area contributed by atoms with Gasteiger partial charge in [-0.05, 0) is 42.8 Å². The first-order chi connectivity index (χ1) is 17.9. The summed E-state index contributed by atoms with van der Waals surface area (Å²) in [6.07, 6.45) is 0. The number of rotatable bonds is 10. The summed E-state index contributed by atoms with van der Waals surface area (Å²) in [6, 6.07) is 13.6. The molecule has 0 bridgehead atoms. The largest absolute Gasteiger partial charge is 0.384 e. The second-order valence-electron chi connectivity index (χ2n) is 8.11. The third kappa shape index (κ3) is 6.78. The maximum atomic E-state index is 14.1. The van der Waals surface area contributed by atoms with Gasteiger partial charge in [0.2, 0.25) is 10.0 Å². The summed E-state index contributed by atoms with van der Waals surface area (Å²) in [5, 5.41) is 13.5. The number of benzene rings is 3. The number of halogens is 2. The number of amides is 3. The predicted octanol–water partition coefficient (Wildman–Crippen LogP) is 3.54. The number of nitrogens with one attached hydrogen (secondary N) is 3. The van der Waals surface area contributed by atoms with Gasteiger partial charge in [-0.3, -0.25) is 10.2 Å². The van der Waals surface area contributed by atoms with Crippen LogP contribution in [0.2, 0.25) is 5.02 Å². The van der Waals surface area contributed by atoms with E-state index in [1.807, 2.05) is 0 Å². The van der Waals surface area contributed by atoms with E-state index in [4.69, 9.17) is 28.5 Å². The monoisotopic (exact) mass is 560 g/mol. The lowest BCUT2D eigenvalue weighted by atomic mass is 10.1. The highest BCUT2D eigenvalue weighted by molar-refractivity contribution is 7.93. The predicted molar refractivity (Wildman–Crippen MR) is 145 cm³/mol. The van der Waals surface area contributed by atoms with Crippen molar-refractivity contribution < 1.29 is 22.4 Å². The molecule has 13 heteroatoms. The number of amidine groups is 1. The number of sulfonamides is 1. The average Bonchev–Trinajstić information content (AvgIpc) is 2.86. The average molecular weight is 561 g/mol. The Kier molecular flexibility index (Phi) is 8.92. The summed E-state index contributed by atoms with van der Waals surface area (Å²) in [6.45, 7) is 1.49. The number of urea groups is 1. The van der Waals surface area contributed by atoms with Gasteiger partial charge in [-0.15, -0.1) is 0 Å². The fourth-order valence-corrected chi connectivity index (χ4v) is 4.74. The lowest BCUT2D eigenvalue weighted by Gasteiger charge is -2.20. The number of carbonyl (C=O) groups is 2. The first-order valence-corrected chi connectivity index (χ1v) is 13.3. The summed E-state index contributed by atoms with van der Waals surface area (Å²) in [4.78, 5) is 24.8. The van der Waals surface area contributed by atoms with Crippen molar-refractivity contribution in [2.24, 2.45) is 11.5 Å². The zero-order valence-electron chi connectivity index (χ0n) is 20.3. The Balaban J connectivity index is 1.85. The van der Waals surface area contributed by atoms with Crippen molar-refractivity contribution in [3.8, 4) is 0 Å². The van der Waals surface area contributed by atoms with E-state index in [9.17, 15) is 22.4 Å². The van der Waals surface area contributed by atoms with Crippen LogP contribution in [-0.4, -0.2) is 31.9 Å². The van der Waals surface area contributed by atoms with Crippen LogP contribution in [0.4, 0.5) is 20.6 Å². The number of hydrogen-bond acceptors (Lipinski definition) is 6. The number of nitrogens with two attached hydrogens (primary N) is 2. The minimum absolute atomic E-state index is 0.00522. The van der Waals surface area contributed by atoms with E-state index < -0.39 is 27.7 Å². The molecule has 3 aromatic rings. The van der Waals surface area contributed by atoms with E-state index in [0.29, 0.717) is 26.7 Å². The smallest absolute Gasteiger partial charge is 0.333 e. The lowest BCUT2D eigenvalue weighted by Crippen LogP contribution is -2.41. The Labute approximate surface area is 224 Å². The highest BCUT2D eigenvalue weighted by atomic mass is 35.5. The van der Waals surface area contributed by atoms with E-state index in [-0.39, 0.29) is 41.0 Å². The van der Waals surface area contributed by atoms with Crippen molar-refractivity contribution in [2.45, 2.75) is 20.0 Å². The van der Waals surface area contributed by atoms with Crippen molar-refractivity contribution in [2.75, 3.05) is 15.4 Å². The van der Waals surface area contributed by atoms with Gasteiger partial charge in [0, 0.05) is 40.5 Å². The normalized spacial score (nSPS) is 11.0. The van der Waals surface area contributed by atoms with Gasteiger partial charge in [-0.2, -0.15) is 4.31 Å². The molecule has 3 rings (SSSR count). The van der Waals surface area contributed by atoms with Gasteiger partial charge in [-0.25, -0.2) is 17.6 Å². The van der Waals surface area contributed by atoms with Crippen LogP contribution in [0.25, 0.3) is 0 Å². The van der Waals surface area contributed by atoms with E-state index in [2.05, 4.69) is 10.6 Å². The molecule has 3 aromatic carbocycles. The molecular formula is C25H26ClFN6O4S. The minimum atomic E-state index is -4.07.